The van der Waals surface area contributed by atoms with Gasteiger partial charge in [0.15, 0.2) is 0 Å². The van der Waals surface area contributed by atoms with Gasteiger partial charge in [-0.05, 0) is 37.3 Å². The first-order valence-electron chi connectivity index (χ1n) is 6.09. The largest absolute Gasteiger partial charge is 0.478 e. The molecule has 21 heavy (non-hydrogen) atoms. The van der Waals surface area contributed by atoms with Gasteiger partial charge in [0.25, 0.3) is 5.91 Å². The summed E-state index contributed by atoms with van der Waals surface area (Å²) in [6.07, 6.45) is 0. The van der Waals surface area contributed by atoms with Gasteiger partial charge < -0.3 is 16.2 Å². The second kappa shape index (κ2) is 5.85. The molecule has 0 aliphatic rings. The molecule has 6 heteroatoms. The zero-order chi connectivity index (χ0) is 15.6. The molecule has 0 radical (unpaired) electrons. The van der Waals surface area contributed by atoms with Crippen molar-refractivity contribution in [3.8, 4) is 0 Å². The van der Waals surface area contributed by atoms with Crippen LogP contribution in [-0.2, 0) is 0 Å². The van der Waals surface area contributed by atoms with Crippen molar-refractivity contribution in [3.05, 3.63) is 58.1 Å². The third-order valence-electron chi connectivity index (χ3n) is 2.91. The van der Waals surface area contributed by atoms with Gasteiger partial charge in [0.05, 0.1) is 16.8 Å². The molecule has 4 N–H and O–H groups in total. The summed E-state index contributed by atoms with van der Waals surface area (Å²) in [4.78, 5) is 23.4. The van der Waals surface area contributed by atoms with E-state index in [1.807, 2.05) is 6.92 Å². The van der Waals surface area contributed by atoms with E-state index in [4.69, 9.17) is 22.4 Å². The lowest BCUT2D eigenvalue weighted by atomic mass is 10.1. The first-order chi connectivity index (χ1) is 9.88. The summed E-state index contributed by atoms with van der Waals surface area (Å²) in [6, 6.07) is 9.21. The molecule has 0 saturated carbocycles. The minimum Gasteiger partial charge on any atom is -0.478 e. The van der Waals surface area contributed by atoms with Crippen LogP contribution in [0.15, 0.2) is 36.4 Å². The van der Waals surface area contributed by atoms with Gasteiger partial charge in [-0.15, -0.1) is 0 Å². The second-order valence-corrected chi connectivity index (χ2v) is 4.98. The Balaban J connectivity index is 2.38. The van der Waals surface area contributed by atoms with E-state index >= 15 is 0 Å². The van der Waals surface area contributed by atoms with Gasteiger partial charge in [-0.3, -0.25) is 4.79 Å². The Bertz CT molecular complexity index is 729. The lowest BCUT2D eigenvalue weighted by Gasteiger charge is -2.11. The normalized spacial score (nSPS) is 10.2. The number of amides is 1. The van der Waals surface area contributed by atoms with Crippen LogP contribution in [0.1, 0.15) is 26.3 Å². The molecule has 0 aliphatic carbocycles. The maximum absolute atomic E-state index is 12.2. The van der Waals surface area contributed by atoms with E-state index in [-0.39, 0.29) is 16.8 Å². The summed E-state index contributed by atoms with van der Waals surface area (Å²) in [5.41, 5.74) is 7.33. The number of hydrogen-bond donors (Lipinski definition) is 3. The number of carbonyl (C=O) groups excluding carboxylic acids is 1. The van der Waals surface area contributed by atoms with E-state index in [1.165, 1.54) is 18.2 Å². The number of carboxylic acids is 1. The van der Waals surface area contributed by atoms with Crippen LogP contribution in [0.2, 0.25) is 5.02 Å². The van der Waals surface area contributed by atoms with Crippen LogP contribution in [0, 0.1) is 6.92 Å². The molecule has 0 saturated heterocycles. The Morgan fingerprint density at radius 2 is 1.86 bits per heavy atom. The zero-order valence-electron chi connectivity index (χ0n) is 11.2. The molecule has 0 fully saturated rings. The standard InChI is InChI=1S/C15H13ClN2O3/c1-8-2-5-12(17)11(6-8)14(19)18-13-7-9(16)3-4-10(13)15(20)21/h2-7H,17H2,1H3,(H,18,19)(H,20,21). The zero-order valence-corrected chi connectivity index (χ0v) is 11.9. The van der Waals surface area contributed by atoms with E-state index in [0.29, 0.717) is 10.7 Å². The maximum atomic E-state index is 12.2. The van der Waals surface area contributed by atoms with Crippen LogP contribution >= 0.6 is 11.6 Å². The average molecular weight is 305 g/mol. The molecule has 0 atom stereocenters. The van der Waals surface area contributed by atoms with E-state index < -0.39 is 11.9 Å². The van der Waals surface area contributed by atoms with Gasteiger partial charge in [0.1, 0.15) is 0 Å². The highest BCUT2D eigenvalue weighted by Crippen LogP contribution is 2.23. The van der Waals surface area contributed by atoms with Crippen LogP contribution in [0.25, 0.3) is 0 Å². The van der Waals surface area contributed by atoms with Crippen molar-refractivity contribution >= 4 is 34.9 Å². The first-order valence-corrected chi connectivity index (χ1v) is 6.46. The molecule has 2 aromatic rings. The number of rotatable bonds is 3. The maximum Gasteiger partial charge on any atom is 0.337 e. The fourth-order valence-electron chi connectivity index (χ4n) is 1.86. The fraction of sp³-hybridized carbons (Fsp3) is 0.0667. The number of aryl methyl sites for hydroxylation is 1. The average Bonchev–Trinajstić information content (AvgIpc) is 2.41. The number of benzene rings is 2. The van der Waals surface area contributed by atoms with Crippen molar-refractivity contribution in [2.45, 2.75) is 6.92 Å². The van der Waals surface area contributed by atoms with Gasteiger partial charge in [-0.2, -0.15) is 0 Å². The topological polar surface area (TPSA) is 92.4 Å². The van der Waals surface area contributed by atoms with Crippen LogP contribution in [0.4, 0.5) is 11.4 Å². The van der Waals surface area contributed by atoms with Gasteiger partial charge in [0, 0.05) is 10.7 Å². The molecular weight excluding hydrogens is 292 g/mol. The van der Waals surface area contributed by atoms with Crippen LogP contribution in [0.5, 0.6) is 0 Å². The minimum atomic E-state index is -1.15. The number of hydrogen-bond acceptors (Lipinski definition) is 3. The van der Waals surface area contributed by atoms with Gasteiger partial charge >= 0.3 is 5.97 Å². The Morgan fingerprint density at radius 3 is 2.52 bits per heavy atom. The van der Waals surface area contributed by atoms with Crippen molar-refractivity contribution in [1.29, 1.82) is 0 Å². The summed E-state index contributed by atoms with van der Waals surface area (Å²) in [5.74, 6) is -1.64. The van der Waals surface area contributed by atoms with Crippen molar-refractivity contribution in [1.82, 2.24) is 0 Å². The Hall–Kier alpha value is -2.53. The predicted octanol–water partition coefficient (Wildman–Crippen LogP) is 3.18. The van der Waals surface area contributed by atoms with E-state index in [9.17, 15) is 9.59 Å². The Kier molecular flexibility index (Phi) is 4.14. The van der Waals surface area contributed by atoms with Crippen LogP contribution in [-0.4, -0.2) is 17.0 Å². The summed E-state index contributed by atoms with van der Waals surface area (Å²) in [6.45, 7) is 1.83. The van der Waals surface area contributed by atoms with Crippen molar-refractivity contribution < 1.29 is 14.7 Å². The molecule has 108 valence electrons. The Morgan fingerprint density at radius 1 is 1.14 bits per heavy atom. The van der Waals surface area contributed by atoms with Crippen LogP contribution in [0.3, 0.4) is 0 Å². The number of nitrogens with one attached hydrogen (secondary N) is 1. The number of anilines is 2. The number of carboxylic acid groups (broad SMARTS) is 1. The summed E-state index contributed by atoms with van der Waals surface area (Å²) in [7, 11) is 0. The molecule has 1 amide bonds. The molecule has 2 aromatic carbocycles. The van der Waals surface area contributed by atoms with Gasteiger partial charge in [-0.25, -0.2) is 4.79 Å². The fourth-order valence-corrected chi connectivity index (χ4v) is 2.03. The molecule has 5 nitrogen and oxygen atoms in total. The van der Waals surface area contributed by atoms with E-state index in [0.717, 1.165) is 5.56 Å². The highest BCUT2D eigenvalue weighted by Gasteiger charge is 2.15. The number of carbonyl (C=O) groups is 2. The molecule has 2 rings (SSSR count). The lowest BCUT2D eigenvalue weighted by molar-refractivity contribution is 0.0698. The highest BCUT2D eigenvalue weighted by molar-refractivity contribution is 6.31. The number of halogens is 1. The minimum absolute atomic E-state index is 0.0426. The third-order valence-corrected chi connectivity index (χ3v) is 3.15. The summed E-state index contributed by atoms with van der Waals surface area (Å²) < 4.78 is 0. The molecule has 0 aromatic heterocycles. The number of nitrogens with two attached hydrogens (primary N) is 1. The monoisotopic (exact) mass is 304 g/mol. The van der Waals surface area contributed by atoms with E-state index in [2.05, 4.69) is 5.32 Å². The number of nitrogen functional groups attached to an aromatic ring is 1. The molecular formula is C15H13ClN2O3. The van der Waals surface area contributed by atoms with E-state index in [1.54, 1.807) is 18.2 Å². The van der Waals surface area contributed by atoms with Crippen molar-refractivity contribution in [2.24, 2.45) is 0 Å². The predicted molar refractivity (Wildman–Crippen MR) is 82.0 cm³/mol. The molecule has 0 spiro atoms. The molecule has 0 unspecified atom stereocenters. The smallest absolute Gasteiger partial charge is 0.337 e. The molecule has 0 bridgehead atoms. The molecule has 0 heterocycles. The van der Waals surface area contributed by atoms with Crippen molar-refractivity contribution in [3.63, 3.8) is 0 Å². The lowest BCUT2D eigenvalue weighted by Crippen LogP contribution is -2.16. The first kappa shape index (κ1) is 14.9. The van der Waals surface area contributed by atoms with Crippen LogP contribution < -0.4 is 11.1 Å². The summed E-state index contributed by atoms with van der Waals surface area (Å²) >= 11 is 5.84. The SMILES string of the molecule is Cc1ccc(N)c(C(=O)Nc2cc(Cl)ccc2C(=O)O)c1. The second-order valence-electron chi connectivity index (χ2n) is 4.54. The van der Waals surface area contributed by atoms with Crippen molar-refractivity contribution in [2.75, 3.05) is 11.1 Å². The Labute approximate surface area is 126 Å². The highest BCUT2D eigenvalue weighted by atomic mass is 35.5. The number of aromatic carboxylic acids is 1. The van der Waals surface area contributed by atoms with Gasteiger partial charge in [0.2, 0.25) is 0 Å². The third kappa shape index (κ3) is 3.32. The van der Waals surface area contributed by atoms with Gasteiger partial charge in [-0.1, -0.05) is 23.2 Å². The molecule has 0 aliphatic heterocycles. The summed E-state index contributed by atoms with van der Waals surface area (Å²) in [5, 5.41) is 12.0. The quantitative estimate of drug-likeness (QED) is 0.759.